The van der Waals surface area contributed by atoms with E-state index in [1.807, 2.05) is 0 Å². The first-order valence-corrected chi connectivity index (χ1v) is 10.9. The Morgan fingerprint density at radius 2 is 1.88 bits per heavy atom. The number of benzene rings is 1. The Morgan fingerprint density at radius 1 is 1.15 bits per heavy atom. The Kier molecular flexibility index (Phi) is 5.84. The van der Waals surface area contributed by atoms with Crippen LogP contribution in [0.2, 0.25) is 0 Å². The van der Waals surface area contributed by atoms with Crippen LogP contribution in [0.4, 0.5) is 4.79 Å². The first-order chi connectivity index (χ1) is 12.3. The summed E-state index contributed by atoms with van der Waals surface area (Å²) in [6.07, 6.45) is 2.81. The van der Waals surface area contributed by atoms with Crippen molar-refractivity contribution in [2.24, 2.45) is 0 Å². The third kappa shape index (κ3) is 4.55. The first kappa shape index (κ1) is 19.1. The zero-order valence-corrected chi connectivity index (χ0v) is 16.3. The number of urea groups is 1. The standard InChI is InChI=1S/C18H28N4O3S/c1-20-14-16-7-4-3-6-15(16)12-17(20)13-19-18(23)21-8-5-9-22(11-10-21)26(2,24)25/h3-4,6-7,17H,5,8-14H2,1-2H3,(H,19,23)/t17-/m1/s1. The number of hydrogen-bond donors (Lipinski definition) is 1. The average Bonchev–Trinajstić information content (AvgIpc) is 2.86. The lowest BCUT2D eigenvalue weighted by molar-refractivity contribution is 0.183. The number of nitrogens with zero attached hydrogens (tertiary/aromatic N) is 3. The molecule has 1 aromatic rings. The summed E-state index contributed by atoms with van der Waals surface area (Å²) in [6.45, 7) is 3.34. The van der Waals surface area contributed by atoms with Crippen LogP contribution in [0.1, 0.15) is 17.5 Å². The zero-order valence-electron chi connectivity index (χ0n) is 15.5. The molecule has 144 valence electrons. The molecule has 0 aliphatic carbocycles. The molecule has 2 heterocycles. The largest absolute Gasteiger partial charge is 0.336 e. The van der Waals surface area contributed by atoms with Crippen LogP contribution in [0.25, 0.3) is 0 Å². The highest BCUT2D eigenvalue weighted by molar-refractivity contribution is 7.88. The average molecular weight is 381 g/mol. The molecule has 0 unspecified atom stereocenters. The molecule has 3 rings (SSSR count). The second-order valence-corrected chi connectivity index (χ2v) is 9.21. The third-order valence-corrected chi connectivity index (χ3v) is 6.62. The molecule has 8 heteroatoms. The molecule has 2 amide bonds. The van der Waals surface area contributed by atoms with E-state index >= 15 is 0 Å². The molecular formula is C18H28N4O3S. The number of rotatable bonds is 3. The minimum absolute atomic E-state index is 0.104. The Labute approximate surface area is 156 Å². The van der Waals surface area contributed by atoms with E-state index in [1.54, 1.807) is 4.90 Å². The second kappa shape index (κ2) is 7.94. The maximum atomic E-state index is 12.5. The molecule has 7 nitrogen and oxygen atoms in total. The van der Waals surface area contributed by atoms with Crippen LogP contribution >= 0.6 is 0 Å². The molecule has 1 aromatic carbocycles. The van der Waals surface area contributed by atoms with Gasteiger partial charge in [0.25, 0.3) is 0 Å². The molecule has 0 spiro atoms. The smallest absolute Gasteiger partial charge is 0.317 e. The molecule has 0 bridgehead atoms. The predicted molar refractivity (Wildman–Crippen MR) is 101 cm³/mol. The van der Waals surface area contributed by atoms with Crippen molar-refractivity contribution in [3.8, 4) is 0 Å². The van der Waals surface area contributed by atoms with Gasteiger partial charge in [-0.1, -0.05) is 24.3 Å². The van der Waals surface area contributed by atoms with Crippen molar-refractivity contribution in [1.82, 2.24) is 19.4 Å². The lowest BCUT2D eigenvalue weighted by Crippen LogP contribution is -2.49. The molecule has 0 aromatic heterocycles. The summed E-state index contributed by atoms with van der Waals surface area (Å²) >= 11 is 0. The molecule has 0 saturated carbocycles. The van der Waals surface area contributed by atoms with Crippen LogP contribution in [0.5, 0.6) is 0 Å². The van der Waals surface area contributed by atoms with E-state index in [9.17, 15) is 13.2 Å². The first-order valence-electron chi connectivity index (χ1n) is 9.09. The summed E-state index contributed by atoms with van der Waals surface area (Å²) in [6, 6.07) is 8.61. The Balaban J connectivity index is 1.53. The minimum Gasteiger partial charge on any atom is -0.336 e. The van der Waals surface area contributed by atoms with Crippen molar-refractivity contribution in [2.75, 3.05) is 46.0 Å². The molecule has 2 aliphatic heterocycles. The van der Waals surface area contributed by atoms with Gasteiger partial charge in [0, 0.05) is 45.3 Å². The normalized spacial score (nSPS) is 22.5. The Bertz CT molecular complexity index is 753. The van der Waals surface area contributed by atoms with Crippen molar-refractivity contribution < 1.29 is 13.2 Å². The maximum absolute atomic E-state index is 12.5. The number of sulfonamides is 1. The van der Waals surface area contributed by atoms with Crippen molar-refractivity contribution in [1.29, 1.82) is 0 Å². The summed E-state index contributed by atoms with van der Waals surface area (Å²) in [4.78, 5) is 16.5. The fourth-order valence-corrected chi connectivity index (χ4v) is 4.57. The number of fused-ring (bicyclic) bond motifs is 1. The number of carbonyl (C=O) groups excluding carboxylic acids is 1. The van der Waals surface area contributed by atoms with Crippen molar-refractivity contribution in [3.05, 3.63) is 35.4 Å². The minimum atomic E-state index is -3.20. The number of likely N-dealkylation sites (N-methyl/N-ethyl adjacent to an activating group) is 1. The van der Waals surface area contributed by atoms with Gasteiger partial charge < -0.3 is 10.2 Å². The van der Waals surface area contributed by atoms with Gasteiger partial charge in [-0.25, -0.2) is 17.5 Å². The number of nitrogens with one attached hydrogen (secondary N) is 1. The lowest BCUT2D eigenvalue weighted by Gasteiger charge is -2.34. The van der Waals surface area contributed by atoms with Gasteiger partial charge >= 0.3 is 6.03 Å². The highest BCUT2D eigenvalue weighted by Crippen LogP contribution is 2.21. The lowest BCUT2D eigenvalue weighted by atomic mass is 9.94. The summed E-state index contributed by atoms with van der Waals surface area (Å²) in [5.74, 6) is 0. The predicted octanol–water partition coefficient (Wildman–Crippen LogP) is 0.720. The maximum Gasteiger partial charge on any atom is 0.317 e. The molecule has 1 fully saturated rings. The highest BCUT2D eigenvalue weighted by atomic mass is 32.2. The van der Waals surface area contributed by atoms with E-state index in [-0.39, 0.29) is 12.1 Å². The number of amides is 2. The van der Waals surface area contributed by atoms with E-state index in [4.69, 9.17) is 0 Å². The van der Waals surface area contributed by atoms with Gasteiger partial charge in [-0.3, -0.25) is 4.90 Å². The molecule has 1 atom stereocenters. The molecule has 1 N–H and O–H groups in total. The van der Waals surface area contributed by atoms with Gasteiger partial charge in [0.15, 0.2) is 0 Å². The van der Waals surface area contributed by atoms with Gasteiger partial charge in [-0.2, -0.15) is 0 Å². The Hall–Kier alpha value is -1.64. The SMILES string of the molecule is CN1Cc2ccccc2C[C@@H]1CNC(=O)N1CCCN(S(C)(=O)=O)CC1. The van der Waals surface area contributed by atoms with E-state index < -0.39 is 10.0 Å². The number of carbonyl (C=O) groups is 1. The van der Waals surface area contributed by atoms with Gasteiger partial charge in [-0.15, -0.1) is 0 Å². The molecule has 0 radical (unpaired) electrons. The topological polar surface area (TPSA) is 73.0 Å². The van der Waals surface area contributed by atoms with Crippen molar-refractivity contribution in [2.45, 2.75) is 25.4 Å². The van der Waals surface area contributed by atoms with Crippen molar-refractivity contribution >= 4 is 16.1 Å². The monoisotopic (exact) mass is 380 g/mol. The molecule has 1 saturated heterocycles. The van der Waals surface area contributed by atoms with Crippen LogP contribution in [0, 0.1) is 0 Å². The molecular weight excluding hydrogens is 352 g/mol. The fraction of sp³-hybridized carbons (Fsp3) is 0.611. The van der Waals surface area contributed by atoms with E-state index in [1.165, 1.54) is 21.7 Å². The second-order valence-electron chi connectivity index (χ2n) is 7.23. The van der Waals surface area contributed by atoms with Gasteiger partial charge in [0.1, 0.15) is 0 Å². The van der Waals surface area contributed by atoms with Crippen LogP contribution < -0.4 is 5.32 Å². The van der Waals surface area contributed by atoms with Crippen LogP contribution in [-0.4, -0.2) is 80.6 Å². The molecule has 2 aliphatic rings. The summed E-state index contributed by atoms with van der Waals surface area (Å²) < 4.78 is 24.8. The summed E-state index contributed by atoms with van der Waals surface area (Å²) in [5.41, 5.74) is 2.70. The van der Waals surface area contributed by atoms with Gasteiger partial charge in [-0.05, 0) is 31.0 Å². The number of hydrogen-bond acceptors (Lipinski definition) is 4. The van der Waals surface area contributed by atoms with Crippen LogP contribution in [0.3, 0.4) is 0 Å². The van der Waals surface area contributed by atoms with E-state index in [0.29, 0.717) is 39.1 Å². The van der Waals surface area contributed by atoms with E-state index in [2.05, 4.69) is 41.5 Å². The fourth-order valence-electron chi connectivity index (χ4n) is 3.69. The Morgan fingerprint density at radius 3 is 2.62 bits per heavy atom. The van der Waals surface area contributed by atoms with Gasteiger partial charge in [0.2, 0.25) is 10.0 Å². The van der Waals surface area contributed by atoms with Crippen LogP contribution in [0.15, 0.2) is 24.3 Å². The van der Waals surface area contributed by atoms with E-state index in [0.717, 1.165) is 13.0 Å². The molecule has 26 heavy (non-hydrogen) atoms. The quantitative estimate of drug-likeness (QED) is 0.839. The third-order valence-electron chi connectivity index (χ3n) is 5.32. The summed E-state index contributed by atoms with van der Waals surface area (Å²) in [7, 11) is -1.11. The van der Waals surface area contributed by atoms with Crippen molar-refractivity contribution in [3.63, 3.8) is 0 Å². The summed E-state index contributed by atoms with van der Waals surface area (Å²) in [5, 5.41) is 3.04. The zero-order chi connectivity index (χ0) is 18.7. The van der Waals surface area contributed by atoms with Gasteiger partial charge in [0.05, 0.1) is 6.26 Å². The highest BCUT2D eigenvalue weighted by Gasteiger charge is 2.26. The van der Waals surface area contributed by atoms with Crippen LogP contribution in [-0.2, 0) is 23.0 Å².